The molecule has 0 saturated carbocycles. The molecule has 1 aliphatic heterocycles. The Bertz CT molecular complexity index is 497. The Kier molecular flexibility index (Phi) is 6.91. The van der Waals surface area contributed by atoms with Crippen molar-refractivity contribution in [3.8, 4) is 5.75 Å². The summed E-state index contributed by atoms with van der Waals surface area (Å²) < 4.78 is 5.97. The molecular formula is C20H34N2O. The van der Waals surface area contributed by atoms with Gasteiger partial charge in [-0.1, -0.05) is 26.8 Å². The third-order valence-corrected chi connectivity index (χ3v) is 4.99. The van der Waals surface area contributed by atoms with Crippen LogP contribution in [0.3, 0.4) is 0 Å². The predicted molar refractivity (Wildman–Crippen MR) is 98.1 cm³/mol. The second-order valence-corrected chi connectivity index (χ2v) is 6.65. The lowest BCUT2D eigenvalue weighted by Gasteiger charge is -2.35. The fraction of sp³-hybridized carbons (Fsp3) is 0.700. The molecule has 1 heterocycles. The lowest BCUT2D eigenvalue weighted by Crippen LogP contribution is -2.38. The van der Waals surface area contributed by atoms with Crippen molar-refractivity contribution in [2.45, 2.75) is 66.6 Å². The van der Waals surface area contributed by atoms with Crippen LogP contribution in [0.4, 0.5) is 0 Å². The Morgan fingerprint density at radius 3 is 2.48 bits per heavy atom. The van der Waals surface area contributed by atoms with E-state index in [2.05, 4.69) is 56.6 Å². The SMILES string of the molecule is CCCN1Cc2cc(OCC)c(CN(CC)CC)cc2CC1C. The van der Waals surface area contributed by atoms with Crippen molar-refractivity contribution in [2.75, 3.05) is 26.2 Å². The van der Waals surface area contributed by atoms with E-state index in [1.807, 2.05) is 0 Å². The monoisotopic (exact) mass is 318 g/mol. The van der Waals surface area contributed by atoms with Crippen LogP contribution in [0.2, 0.25) is 0 Å². The number of ether oxygens (including phenoxy) is 1. The first-order chi connectivity index (χ1) is 11.1. The Hall–Kier alpha value is -1.06. The van der Waals surface area contributed by atoms with Gasteiger partial charge in [0.25, 0.3) is 0 Å². The van der Waals surface area contributed by atoms with Gasteiger partial charge in [0.1, 0.15) is 5.75 Å². The van der Waals surface area contributed by atoms with Crippen molar-refractivity contribution in [3.63, 3.8) is 0 Å². The number of nitrogens with zero attached hydrogens (tertiary/aromatic N) is 2. The zero-order valence-corrected chi connectivity index (χ0v) is 15.7. The molecule has 0 N–H and O–H groups in total. The van der Waals surface area contributed by atoms with Gasteiger partial charge in [-0.05, 0) is 63.5 Å². The molecule has 1 aliphatic rings. The molecule has 0 aliphatic carbocycles. The van der Waals surface area contributed by atoms with Gasteiger partial charge in [0.2, 0.25) is 0 Å². The average molecular weight is 319 g/mol. The Morgan fingerprint density at radius 1 is 1.13 bits per heavy atom. The van der Waals surface area contributed by atoms with E-state index in [4.69, 9.17) is 4.74 Å². The first kappa shape index (κ1) is 18.3. The Morgan fingerprint density at radius 2 is 1.87 bits per heavy atom. The standard InChI is InChI=1S/C20H34N2O/c1-6-10-22-15-18-13-20(23-9-4)19(14-21(7-2)8-3)12-17(18)11-16(22)5/h12-13,16H,6-11,14-15H2,1-5H3. The van der Waals surface area contributed by atoms with E-state index >= 15 is 0 Å². The average Bonchev–Trinajstić information content (AvgIpc) is 2.54. The lowest BCUT2D eigenvalue weighted by molar-refractivity contribution is 0.184. The van der Waals surface area contributed by atoms with Crippen LogP contribution < -0.4 is 4.74 Å². The second kappa shape index (κ2) is 8.70. The van der Waals surface area contributed by atoms with Crippen molar-refractivity contribution in [2.24, 2.45) is 0 Å². The van der Waals surface area contributed by atoms with E-state index in [-0.39, 0.29) is 0 Å². The van der Waals surface area contributed by atoms with Gasteiger partial charge in [0.05, 0.1) is 6.61 Å². The number of rotatable bonds is 8. The number of hydrogen-bond acceptors (Lipinski definition) is 3. The molecule has 0 radical (unpaired) electrons. The summed E-state index contributed by atoms with van der Waals surface area (Å²) in [5.41, 5.74) is 4.34. The van der Waals surface area contributed by atoms with Crippen molar-refractivity contribution < 1.29 is 4.74 Å². The largest absolute Gasteiger partial charge is 0.494 e. The molecule has 3 heteroatoms. The first-order valence-electron chi connectivity index (χ1n) is 9.36. The molecule has 0 saturated heterocycles. The highest BCUT2D eigenvalue weighted by Gasteiger charge is 2.24. The van der Waals surface area contributed by atoms with Crippen molar-refractivity contribution >= 4 is 0 Å². The van der Waals surface area contributed by atoms with Crippen LogP contribution in [0.1, 0.15) is 57.7 Å². The molecule has 23 heavy (non-hydrogen) atoms. The fourth-order valence-corrected chi connectivity index (χ4v) is 3.57. The van der Waals surface area contributed by atoms with Gasteiger partial charge in [0, 0.05) is 24.7 Å². The van der Waals surface area contributed by atoms with E-state index in [0.29, 0.717) is 6.04 Å². The summed E-state index contributed by atoms with van der Waals surface area (Å²) in [4.78, 5) is 5.06. The second-order valence-electron chi connectivity index (χ2n) is 6.65. The van der Waals surface area contributed by atoms with E-state index < -0.39 is 0 Å². The molecule has 130 valence electrons. The fourth-order valence-electron chi connectivity index (χ4n) is 3.57. The summed E-state index contributed by atoms with van der Waals surface area (Å²) in [5, 5.41) is 0. The maximum Gasteiger partial charge on any atom is 0.124 e. The van der Waals surface area contributed by atoms with Crippen LogP contribution in [0.25, 0.3) is 0 Å². The molecule has 0 amide bonds. The van der Waals surface area contributed by atoms with E-state index in [1.54, 1.807) is 0 Å². The Labute approximate surface area is 142 Å². The molecule has 3 nitrogen and oxygen atoms in total. The maximum absolute atomic E-state index is 5.97. The topological polar surface area (TPSA) is 15.7 Å². The Balaban J connectivity index is 2.29. The minimum Gasteiger partial charge on any atom is -0.494 e. The van der Waals surface area contributed by atoms with Crippen molar-refractivity contribution in [1.29, 1.82) is 0 Å². The maximum atomic E-state index is 5.97. The minimum atomic E-state index is 0.640. The summed E-state index contributed by atoms with van der Waals surface area (Å²) in [5.74, 6) is 1.09. The van der Waals surface area contributed by atoms with Crippen LogP contribution in [0.5, 0.6) is 5.75 Å². The quantitative estimate of drug-likeness (QED) is 0.718. The molecule has 0 spiro atoms. The van der Waals surface area contributed by atoms with Crippen LogP contribution in [0.15, 0.2) is 12.1 Å². The van der Waals surface area contributed by atoms with E-state index in [1.165, 1.54) is 29.7 Å². The van der Waals surface area contributed by atoms with Gasteiger partial charge in [-0.2, -0.15) is 0 Å². The smallest absolute Gasteiger partial charge is 0.124 e. The first-order valence-corrected chi connectivity index (χ1v) is 9.36. The molecule has 0 bridgehead atoms. The molecule has 0 aromatic heterocycles. The van der Waals surface area contributed by atoms with Crippen LogP contribution >= 0.6 is 0 Å². The van der Waals surface area contributed by atoms with E-state index in [0.717, 1.165) is 45.0 Å². The summed E-state index contributed by atoms with van der Waals surface area (Å²) in [6.45, 7) is 17.3. The highest BCUT2D eigenvalue weighted by Crippen LogP contribution is 2.31. The zero-order valence-electron chi connectivity index (χ0n) is 15.7. The van der Waals surface area contributed by atoms with Crippen LogP contribution in [0, 0.1) is 0 Å². The number of fused-ring (bicyclic) bond motifs is 1. The van der Waals surface area contributed by atoms with Gasteiger partial charge in [0.15, 0.2) is 0 Å². The van der Waals surface area contributed by atoms with Gasteiger partial charge in [-0.15, -0.1) is 0 Å². The van der Waals surface area contributed by atoms with Crippen molar-refractivity contribution in [1.82, 2.24) is 9.80 Å². The predicted octanol–water partition coefficient (Wildman–Crippen LogP) is 4.08. The van der Waals surface area contributed by atoms with Gasteiger partial charge >= 0.3 is 0 Å². The van der Waals surface area contributed by atoms with Gasteiger partial charge in [-0.3, -0.25) is 9.80 Å². The summed E-state index contributed by atoms with van der Waals surface area (Å²) in [6.07, 6.45) is 2.38. The highest BCUT2D eigenvalue weighted by molar-refractivity contribution is 5.44. The third-order valence-electron chi connectivity index (χ3n) is 4.99. The van der Waals surface area contributed by atoms with Crippen LogP contribution in [-0.4, -0.2) is 42.1 Å². The molecule has 1 unspecified atom stereocenters. The molecule has 0 fully saturated rings. The van der Waals surface area contributed by atoms with Gasteiger partial charge < -0.3 is 4.74 Å². The van der Waals surface area contributed by atoms with Gasteiger partial charge in [-0.25, -0.2) is 0 Å². The summed E-state index contributed by atoms with van der Waals surface area (Å²) >= 11 is 0. The third kappa shape index (κ3) is 4.48. The molecule has 1 aromatic carbocycles. The number of benzene rings is 1. The highest BCUT2D eigenvalue weighted by atomic mass is 16.5. The molecular weight excluding hydrogens is 284 g/mol. The van der Waals surface area contributed by atoms with Crippen molar-refractivity contribution in [3.05, 3.63) is 28.8 Å². The molecule has 1 aromatic rings. The van der Waals surface area contributed by atoms with E-state index in [9.17, 15) is 0 Å². The summed E-state index contributed by atoms with van der Waals surface area (Å²) in [6, 6.07) is 5.37. The zero-order chi connectivity index (χ0) is 16.8. The summed E-state index contributed by atoms with van der Waals surface area (Å²) in [7, 11) is 0. The molecule has 2 rings (SSSR count). The molecule has 1 atom stereocenters. The lowest BCUT2D eigenvalue weighted by atomic mass is 9.92. The minimum absolute atomic E-state index is 0.640. The van der Waals surface area contributed by atoms with Crippen LogP contribution in [-0.2, 0) is 19.5 Å². The number of hydrogen-bond donors (Lipinski definition) is 0. The normalized spacial score (nSPS) is 18.3.